The molecule has 134 valence electrons. The molecule has 1 aromatic carbocycles. The van der Waals surface area contributed by atoms with Crippen LogP contribution in [0, 0.1) is 5.82 Å². The average Bonchev–Trinajstić information content (AvgIpc) is 3.33. The minimum atomic E-state index is -0.485. The first-order valence-corrected chi connectivity index (χ1v) is 9.74. The van der Waals surface area contributed by atoms with E-state index in [1.54, 1.807) is 27.6 Å². The summed E-state index contributed by atoms with van der Waals surface area (Å²) in [7, 11) is 0. The SMILES string of the molecule is O=C(NCC(=O)N(Cc1cccs1)Cc1cccs1)c1cccc(F)c1. The van der Waals surface area contributed by atoms with Gasteiger partial charge in [0.25, 0.3) is 5.91 Å². The van der Waals surface area contributed by atoms with E-state index in [1.165, 1.54) is 18.2 Å². The molecule has 0 radical (unpaired) electrons. The fourth-order valence-electron chi connectivity index (χ4n) is 2.41. The molecule has 0 bridgehead atoms. The maximum Gasteiger partial charge on any atom is 0.251 e. The molecule has 26 heavy (non-hydrogen) atoms. The summed E-state index contributed by atoms with van der Waals surface area (Å²) >= 11 is 3.17. The highest BCUT2D eigenvalue weighted by Gasteiger charge is 2.17. The third kappa shape index (κ3) is 5.00. The van der Waals surface area contributed by atoms with Gasteiger partial charge in [-0.05, 0) is 41.1 Å². The lowest BCUT2D eigenvalue weighted by Crippen LogP contribution is -2.39. The zero-order chi connectivity index (χ0) is 18.4. The smallest absolute Gasteiger partial charge is 0.251 e. The van der Waals surface area contributed by atoms with Crippen LogP contribution in [0.1, 0.15) is 20.1 Å². The van der Waals surface area contributed by atoms with Crippen molar-refractivity contribution < 1.29 is 14.0 Å². The number of amides is 2. The largest absolute Gasteiger partial charge is 0.343 e. The molecule has 0 saturated carbocycles. The summed E-state index contributed by atoms with van der Waals surface area (Å²) in [6.07, 6.45) is 0. The minimum absolute atomic E-state index is 0.133. The zero-order valence-electron chi connectivity index (χ0n) is 13.9. The molecule has 0 fully saturated rings. The van der Waals surface area contributed by atoms with Gasteiger partial charge in [0.15, 0.2) is 0 Å². The molecule has 0 aliphatic carbocycles. The van der Waals surface area contributed by atoms with Crippen LogP contribution in [0.15, 0.2) is 59.3 Å². The molecule has 0 unspecified atom stereocenters. The van der Waals surface area contributed by atoms with Gasteiger partial charge in [0.05, 0.1) is 19.6 Å². The van der Waals surface area contributed by atoms with Gasteiger partial charge in [0, 0.05) is 15.3 Å². The Morgan fingerprint density at radius 2 is 1.62 bits per heavy atom. The molecule has 0 aliphatic heterocycles. The van der Waals surface area contributed by atoms with Gasteiger partial charge in [-0.2, -0.15) is 0 Å². The van der Waals surface area contributed by atoms with Gasteiger partial charge in [0.2, 0.25) is 5.91 Å². The van der Waals surface area contributed by atoms with Crippen molar-refractivity contribution in [3.8, 4) is 0 Å². The molecular formula is C19H17FN2O2S2. The van der Waals surface area contributed by atoms with Crippen molar-refractivity contribution in [1.82, 2.24) is 10.2 Å². The molecule has 1 N–H and O–H groups in total. The average molecular weight is 388 g/mol. The summed E-state index contributed by atoms with van der Waals surface area (Å²) in [5.74, 6) is -1.14. The van der Waals surface area contributed by atoms with Crippen LogP contribution in [0.5, 0.6) is 0 Å². The van der Waals surface area contributed by atoms with Gasteiger partial charge < -0.3 is 10.2 Å². The predicted molar refractivity (Wildman–Crippen MR) is 102 cm³/mol. The van der Waals surface area contributed by atoms with Crippen molar-refractivity contribution in [2.45, 2.75) is 13.1 Å². The maximum atomic E-state index is 13.2. The van der Waals surface area contributed by atoms with Crippen LogP contribution in [0.25, 0.3) is 0 Å². The Hall–Kier alpha value is -2.51. The van der Waals surface area contributed by atoms with Crippen LogP contribution >= 0.6 is 22.7 Å². The Kier molecular flexibility index (Phi) is 6.14. The molecule has 3 rings (SSSR count). The fraction of sp³-hybridized carbons (Fsp3) is 0.158. The second-order valence-electron chi connectivity index (χ2n) is 5.60. The molecule has 2 amide bonds. The third-order valence-corrected chi connectivity index (χ3v) is 5.42. The molecule has 0 spiro atoms. The van der Waals surface area contributed by atoms with Crippen molar-refractivity contribution in [2.75, 3.05) is 6.54 Å². The van der Waals surface area contributed by atoms with E-state index in [2.05, 4.69) is 5.32 Å². The first-order valence-electron chi connectivity index (χ1n) is 7.98. The highest BCUT2D eigenvalue weighted by Crippen LogP contribution is 2.17. The lowest BCUT2D eigenvalue weighted by molar-refractivity contribution is -0.131. The summed E-state index contributed by atoms with van der Waals surface area (Å²) in [5, 5.41) is 6.51. The van der Waals surface area contributed by atoms with Crippen LogP contribution in [0.2, 0.25) is 0 Å². The maximum absolute atomic E-state index is 13.2. The van der Waals surface area contributed by atoms with Crippen LogP contribution in [0.4, 0.5) is 4.39 Å². The van der Waals surface area contributed by atoms with Gasteiger partial charge >= 0.3 is 0 Å². The van der Waals surface area contributed by atoms with Gasteiger partial charge in [-0.25, -0.2) is 4.39 Å². The molecule has 0 saturated heterocycles. The fourth-order valence-corrected chi connectivity index (χ4v) is 3.85. The second-order valence-corrected chi connectivity index (χ2v) is 7.67. The van der Waals surface area contributed by atoms with Crippen molar-refractivity contribution in [1.29, 1.82) is 0 Å². The summed E-state index contributed by atoms with van der Waals surface area (Å²) in [5.41, 5.74) is 0.195. The van der Waals surface area contributed by atoms with E-state index in [0.717, 1.165) is 15.8 Å². The molecule has 0 aliphatic rings. The van der Waals surface area contributed by atoms with Crippen LogP contribution < -0.4 is 5.32 Å². The van der Waals surface area contributed by atoms with Crippen molar-refractivity contribution in [2.24, 2.45) is 0 Å². The summed E-state index contributed by atoms with van der Waals surface area (Å²) in [6.45, 7) is 0.848. The van der Waals surface area contributed by atoms with E-state index in [-0.39, 0.29) is 18.0 Å². The van der Waals surface area contributed by atoms with Gasteiger partial charge in [-0.3, -0.25) is 9.59 Å². The summed E-state index contributed by atoms with van der Waals surface area (Å²) in [4.78, 5) is 28.6. The number of carbonyl (C=O) groups is 2. The van der Waals surface area contributed by atoms with Gasteiger partial charge in [0.1, 0.15) is 5.82 Å². The number of carbonyl (C=O) groups excluding carboxylic acids is 2. The molecule has 2 heterocycles. The monoisotopic (exact) mass is 388 g/mol. The van der Waals surface area contributed by atoms with E-state index in [1.807, 2.05) is 35.0 Å². The lowest BCUT2D eigenvalue weighted by atomic mass is 10.2. The van der Waals surface area contributed by atoms with Gasteiger partial charge in [-0.1, -0.05) is 18.2 Å². The van der Waals surface area contributed by atoms with E-state index in [0.29, 0.717) is 13.1 Å². The molecule has 7 heteroatoms. The highest BCUT2D eigenvalue weighted by atomic mass is 32.1. The molecular weight excluding hydrogens is 371 g/mol. The van der Waals surface area contributed by atoms with E-state index < -0.39 is 11.7 Å². The Bertz CT molecular complexity index is 827. The molecule has 4 nitrogen and oxygen atoms in total. The first kappa shape index (κ1) is 18.3. The standard InChI is InChI=1S/C19H17FN2O2S2/c20-15-5-1-4-14(10-15)19(24)21-11-18(23)22(12-16-6-2-8-25-16)13-17-7-3-9-26-17/h1-10H,11-13H2,(H,21,24). The quantitative estimate of drug-likeness (QED) is 0.667. The normalized spacial score (nSPS) is 10.5. The number of halogens is 1. The van der Waals surface area contributed by atoms with Crippen LogP contribution in [-0.4, -0.2) is 23.3 Å². The lowest BCUT2D eigenvalue weighted by Gasteiger charge is -2.22. The Balaban J connectivity index is 1.63. The third-order valence-electron chi connectivity index (χ3n) is 3.69. The highest BCUT2D eigenvalue weighted by molar-refractivity contribution is 7.10. The number of nitrogens with one attached hydrogen (secondary N) is 1. The topological polar surface area (TPSA) is 49.4 Å². The molecule has 2 aromatic heterocycles. The van der Waals surface area contributed by atoms with Crippen molar-refractivity contribution in [3.63, 3.8) is 0 Å². The zero-order valence-corrected chi connectivity index (χ0v) is 15.5. The number of rotatable bonds is 7. The van der Waals surface area contributed by atoms with Crippen molar-refractivity contribution >= 4 is 34.5 Å². The number of hydrogen-bond acceptors (Lipinski definition) is 4. The number of benzene rings is 1. The number of nitrogens with zero attached hydrogens (tertiary/aromatic N) is 1. The summed E-state index contributed by atoms with van der Waals surface area (Å²) in [6, 6.07) is 13.2. The first-order chi connectivity index (χ1) is 12.6. The number of thiophene rings is 2. The number of hydrogen-bond donors (Lipinski definition) is 1. The molecule has 3 aromatic rings. The second kappa shape index (κ2) is 8.73. The van der Waals surface area contributed by atoms with E-state index in [4.69, 9.17) is 0 Å². The van der Waals surface area contributed by atoms with Crippen molar-refractivity contribution in [3.05, 3.63) is 80.4 Å². The van der Waals surface area contributed by atoms with Crippen LogP contribution in [-0.2, 0) is 17.9 Å². The minimum Gasteiger partial charge on any atom is -0.343 e. The Morgan fingerprint density at radius 1 is 0.962 bits per heavy atom. The van der Waals surface area contributed by atoms with E-state index in [9.17, 15) is 14.0 Å². The summed E-state index contributed by atoms with van der Waals surface area (Å²) < 4.78 is 13.2. The predicted octanol–water partition coefficient (Wildman–Crippen LogP) is 3.91. The Labute approximate surface area is 158 Å². The van der Waals surface area contributed by atoms with E-state index >= 15 is 0 Å². The van der Waals surface area contributed by atoms with Gasteiger partial charge in [-0.15, -0.1) is 22.7 Å². The Morgan fingerprint density at radius 3 is 2.15 bits per heavy atom. The van der Waals surface area contributed by atoms with Crippen LogP contribution in [0.3, 0.4) is 0 Å². The molecule has 0 atom stereocenters.